The van der Waals surface area contributed by atoms with Gasteiger partial charge in [0.15, 0.2) is 0 Å². The first-order valence-electron chi connectivity index (χ1n) is 11.7. The highest BCUT2D eigenvalue weighted by molar-refractivity contribution is 7.89. The molecule has 2 aromatic rings. The van der Waals surface area contributed by atoms with Crippen molar-refractivity contribution < 1.29 is 17.9 Å². The molecule has 8 heteroatoms. The van der Waals surface area contributed by atoms with Gasteiger partial charge in [0, 0.05) is 31.2 Å². The van der Waals surface area contributed by atoms with Crippen LogP contribution in [0.25, 0.3) is 0 Å². The lowest BCUT2D eigenvalue weighted by Gasteiger charge is -2.35. The summed E-state index contributed by atoms with van der Waals surface area (Å²) >= 11 is 0. The minimum absolute atomic E-state index is 0.0606. The van der Waals surface area contributed by atoms with Crippen LogP contribution >= 0.6 is 0 Å². The third-order valence-electron chi connectivity index (χ3n) is 6.26. The number of carbonyl (C=O) groups excluding carboxylic acids is 1. The van der Waals surface area contributed by atoms with Gasteiger partial charge in [0.05, 0.1) is 12.0 Å². The van der Waals surface area contributed by atoms with E-state index in [4.69, 9.17) is 4.74 Å². The first kappa shape index (κ1) is 25.2. The van der Waals surface area contributed by atoms with Gasteiger partial charge in [0.1, 0.15) is 5.75 Å². The number of amides is 1. The van der Waals surface area contributed by atoms with E-state index in [1.54, 1.807) is 24.1 Å². The third-order valence-corrected chi connectivity index (χ3v) is 7.70. The standard InChI is InChI=1S/C25H35N3O4S/c1-4-27(5-2)25(29)21-11-15-23(16-12-21)33(30,31)26-19-24(28-17-7-6-8-18-28)20-9-13-22(32-3)14-10-20/h9-16,24,26H,4-8,17-19H2,1-3H3. The van der Waals surface area contributed by atoms with Crippen LogP contribution in [0.2, 0.25) is 0 Å². The summed E-state index contributed by atoms with van der Waals surface area (Å²) in [7, 11) is -2.08. The molecule has 1 atom stereocenters. The molecule has 1 unspecified atom stereocenters. The first-order valence-corrected chi connectivity index (χ1v) is 13.1. The van der Waals surface area contributed by atoms with Crippen LogP contribution in [0.1, 0.15) is 55.1 Å². The van der Waals surface area contributed by atoms with E-state index in [2.05, 4.69) is 9.62 Å². The maximum Gasteiger partial charge on any atom is 0.253 e. The summed E-state index contributed by atoms with van der Waals surface area (Å²) in [5, 5.41) is 0. The van der Waals surface area contributed by atoms with Crippen LogP contribution in [-0.2, 0) is 10.0 Å². The minimum Gasteiger partial charge on any atom is -0.497 e. The first-order chi connectivity index (χ1) is 15.9. The Bertz CT molecular complexity index is 997. The van der Waals surface area contributed by atoms with E-state index in [0.717, 1.165) is 37.2 Å². The van der Waals surface area contributed by atoms with E-state index < -0.39 is 10.0 Å². The molecule has 0 aromatic heterocycles. The van der Waals surface area contributed by atoms with Crippen LogP contribution < -0.4 is 9.46 Å². The highest BCUT2D eigenvalue weighted by atomic mass is 32.2. The van der Waals surface area contributed by atoms with E-state index in [-0.39, 0.29) is 23.4 Å². The summed E-state index contributed by atoms with van der Waals surface area (Å²) < 4.78 is 34.1. The highest BCUT2D eigenvalue weighted by Gasteiger charge is 2.25. The molecule has 0 bridgehead atoms. The molecular formula is C25H35N3O4S. The van der Waals surface area contributed by atoms with Gasteiger partial charge in [0.25, 0.3) is 5.91 Å². The largest absolute Gasteiger partial charge is 0.497 e. The Kier molecular flexibility index (Phi) is 8.88. The maximum absolute atomic E-state index is 13.0. The van der Waals surface area contributed by atoms with Crippen molar-refractivity contribution in [1.29, 1.82) is 0 Å². The number of likely N-dealkylation sites (tertiary alicyclic amines) is 1. The Labute approximate surface area is 197 Å². The molecular weight excluding hydrogens is 438 g/mol. The zero-order chi connectivity index (χ0) is 23.8. The van der Waals surface area contributed by atoms with Gasteiger partial charge in [-0.1, -0.05) is 18.6 Å². The molecule has 0 spiro atoms. The summed E-state index contributed by atoms with van der Waals surface area (Å²) in [5.74, 6) is 0.678. The van der Waals surface area contributed by atoms with E-state index in [0.29, 0.717) is 18.7 Å². The van der Waals surface area contributed by atoms with Gasteiger partial charge in [-0.05, 0) is 81.7 Å². The normalized spacial score (nSPS) is 15.7. The molecule has 1 N–H and O–H groups in total. The van der Waals surface area contributed by atoms with Crippen molar-refractivity contribution >= 4 is 15.9 Å². The second-order valence-electron chi connectivity index (χ2n) is 8.24. The smallest absolute Gasteiger partial charge is 0.253 e. The average Bonchev–Trinajstić information content (AvgIpc) is 2.86. The van der Waals surface area contributed by atoms with Crippen molar-refractivity contribution in [3.8, 4) is 5.75 Å². The number of piperidine rings is 1. The third kappa shape index (κ3) is 6.34. The van der Waals surface area contributed by atoms with Crippen molar-refractivity contribution in [2.45, 2.75) is 44.0 Å². The van der Waals surface area contributed by atoms with Crippen molar-refractivity contribution in [2.24, 2.45) is 0 Å². The van der Waals surface area contributed by atoms with Crippen molar-refractivity contribution in [3.05, 3.63) is 59.7 Å². The van der Waals surface area contributed by atoms with Gasteiger partial charge in [0.2, 0.25) is 10.0 Å². The van der Waals surface area contributed by atoms with Crippen molar-refractivity contribution in [1.82, 2.24) is 14.5 Å². The van der Waals surface area contributed by atoms with Crippen molar-refractivity contribution in [3.63, 3.8) is 0 Å². The average molecular weight is 474 g/mol. The molecule has 0 aliphatic carbocycles. The second-order valence-corrected chi connectivity index (χ2v) is 10.0. The molecule has 7 nitrogen and oxygen atoms in total. The number of methoxy groups -OCH3 is 1. The molecule has 1 amide bonds. The number of benzene rings is 2. The molecule has 2 aromatic carbocycles. The summed E-state index contributed by atoms with van der Waals surface area (Å²) in [5.41, 5.74) is 1.54. The Morgan fingerprint density at radius 1 is 1.00 bits per heavy atom. The molecule has 0 saturated carbocycles. The molecule has 180 valence electrons. The Morgan fingerprint density at radius 3 is 2.15 bits per heavy atom. The number of rotatable bonds is 10. The Hall–Kier alpha value is -2.42. The summed E-state index contributed by atoms with van der Waals surface area (Å²) in [6.07, 6.45) is 3.43. The van der Waals surface area contributed by atoms with E-state index >= 15 is 0 Å². The molecule has 33 heavy (non-hydrogen) atoms. The van der Waals surface area contributed by atoms with Crippen LogP contribution in [-0.4, -0.2) is 64.0 Å². The molecule has 1 saturated heterocycles. The predicted octanol–water partition coefficient (Wildman–Crippen LogP) is 3.68. The lowest BCUT2D eigenvalue weighted by atomic mass is 10.0. The quantitative estimate of drug-likeness (QED) is 0.569. The van der Waals surface area contributed by atoms with Gasteiger partial charge in [-0.15, -0.1) is 0 Å². The van der Waals surface area contributed by atoms with Crippen molar-refractivity contribution in [2.75, 3.05) is 39.8 Å². The van der Waals surface area contributed by atoms with Crippen LogP contribution in [0.4, 0.5) is 0 Å². The molecule has 1 fully saturated rings. The minimum atomic E-state index is -3.71. The van der Waals surface area contributed by atoms with E-state index in [1.807, 2.05) is 38.1 Å². The fourth-order valence-corrected chi connectivity index (χ4v) is 5.29. The number of nitrogens with zero attached hydrogens (tertiary/aromatic N) is 2. The zero-order valence-electron chi connectivity index (χ0n) is 19.8. The van der Waals surface area contributed by atoms with Crippen LogP contribution in [0.15, 0.2) is 53.4 Å². The highest BCUT2D eigenvalue weighted by Crippen LogP contribution is 2.26. The number of sulfonamides is 1. The Balaban J connectivity index is 1.75. The number of carbonyl (C=O) groups is 1. The number of nitrogens with one attached hydrogen (secondary N) is 1. The monoisotopic (exact) mass is 473 g/mol. The fraction of sp³-hybridized carbons (Fsp3) is 0.480. The van der Waals surface area contributed by atoms with Gasteiger partial charge in [-0.2, -0.15) is 0 Å². The summed E-state index contributed by atoms with van der Waals surface area (Å²) in [6, 6.07) is 13.9. The molecule has 1 aliphatic heterocycles. The molecule has 0 radical (unpaired) electrons. The number of ether oxygens (including phenoxy) is 1. The lowest BCUT2D eigenvalue weighted by molar-refractivity contribution is 0.0773. The molecule has 1 heterocycles. The maximum atomic E-state index is 13.0. The molecule has 3 rings (SSSR count). The van der Waals surface area contributed by atoms with E-state index in [9.17, 15) is 13.2 Å². The lowest BCUT2D eigenvalue weighted by Crippen LogP contribution is -2.40. The second kappa shape index (κ2) is 11.6. The van der Waals surface area contributed by atoms with Gasteiger partial charge >= 0.3 is 0 Å². The topological polar surface area (TPSA) is 79.0 Å². The number of hydrogen-bond donors (Lipinski definition) is 1. The zero-order valence-corrected chi connectivity index (χ0v) is 20.6. The van der Waals surface area contributed by atoms with Gasteiger partial charge < -0.3 is 9.64 Å². The SMILES string of the molecule is CCN(CC)C(=O)c1ccc(S(=O)(=O)NCC(c2ccc(OC)cc2)N2CCCCC2)cc1. The van der Waals surface area contributed by atoms with Crippen LogP contribution in [0, 0.1) is 0 Å². The summed E-state index contributed by atoms with van der Waals surface area (Å²) in [4.78, 5) is 16.7. The fourth-order valence-electron chi connectivity index (χ4n) is 4.26. The summed E-state index contributed by atoms with van der Waals surface area (Å²) in [6.45, 7) is 7.23. The van der Waals surface area contributed by atoms with E-state index in [1.165, 1.54) is 18.6 Å². The number of hydrogen-bond acceptors (Lipinski definition) is 5. The Morgan fingerprint density at radius 2 is 1.61 bits per heavy atom. The molecule has 1 aliphatic rings. The van der Waals surface area contributed by atoms with Crippen LogP contribution in [0.5, 0.6) is 5.75 Å². The van der Waals surface area contributed by atoms with Crippen LogP contribution in [0.3, 0.4) is 0 Å². The predicted molar refractivity (Wildman–Crippen MR) is 130 cm³/mol. The van der Waals surface area contributed by atoms with Gasteiger partial charge in [-0.25, -0.2) is 13.1 Å². The van der Waals surface area contributed by atoms with Gasteiger partial charge in [-0.3, -0.25) is 9.69 Å².